The first-order valence-corrected chi connectivity index (χ1v) is 3.64. The van der Waals surface area contributed by atoms with Gasteiger partial charge in [0.1, 0.15) is 0 Å². The van der Waals surface area contributed by atoms with Crippen molar-refractivity contribution < 1.29 is 14.3 Å². The highest BCUT2D eigenvalue weighted by Crippen LogP contribution is 2.04. The van der Waals surface area contributed by atoms with Gasteiger partial charge in [0.05, 0.1) is 26.4 Å². The van der Waals surface area contributed by atoms with E-state index >= 15 is 0 Å². The van der Waals surface area contributed by atoms with E-state index in [1.54, 1.807) is 0 Å². The van der Waals surface area contributed by atoms with Gasteiger partial charge in [0.25, 0.3) is 0 Å². The zero-order valence-corrected chi connectivity index (χ0v) is 7.50. The first-order valence-electron chi connectivity index (χ1n) is 3.64. The van der Waals surface area contributed by atoms with E-state index in [2.05, 4.69) is 11.3 Å². The van der Waals surface area contributed by atoms with E-state index in [-0.39, 0.29) is 18.4 Å². The molecule has 4 nitrogen and oxygen atoms in total. The third-order valence-electron chi connectivity index (χ3n) is 1.44. The third-order valence-corrected chi connectivity index (χ3v) is 1.44. The number of rotatable bonds is 5. The Morgan fingerprint density at radius 1 is 1.42 bits per heavy atom. The molecule has 0 saturated heterocycles. The fraction of sp³-hybridized carbons (Fsp3) is 0.625. The van der Waals surface area contributed by atoms with Crippen LogP contribution in [0.4, 0.5) is 0 Å². The van der Waals surface area contributed by atoms with Crippen LogP contribution in [0, 0.1) is 0 Å². The number of carbonyl (C=O) groups excluding carboxylic acids is 1. The van der Waals surface area contributed by atoms with Gasteiger partial charge in [0.15, 0.2) is 0 Å². The van der Waals surface area contributed by atoms with Gasteiger partial charge < -0.3 is 15.2 Å². The highest BCUT2D eigenvalue weighted by Gasteiger charge is 2.10. The van der Waals surface area contributed by atoms with E-state index in [1.807, 2.05) is 0 Å². The summed E-state index contributed by atoms with van der Waals surface area (Å²) in [6, 6.07) is -0.273. The molecule has 0 aliphatic rings. The molecule has 0 heterocycles. The van der Waals surface area contributed by atoms with Crippen LogP contribution in [0.25, 0.3) is 0 Å². The van der Waals surface area contributed by atoms with Crippen LogP contribution in [-0.4, -0.2) is 26.2 Å². The van der Waals surface area contributed by atoms with Gasteiger partial charge in [-0.05, 0) is 0 Å². The molecule has 2 N–H and O–H groups in total. The normalized spacial score (nSPS) is 11.9. The Kier molecular flexibility index (Phi) is 5.12. The van der Waals surface area contributed by atoms with Crippen molar-refractivity contribution in [3.05, 3.63) is 12.3 Å². The van der Waals surface area contributed by atoms with Gasteiger partial charge >= 0.3 is 5.97 Å². The summed E-state index contributed by atoms with van der Waals surface area (Å²) in [6.07, 6.45) is 0.671. The molecular formula is C8H15NO3. The summed E-state index contributed by atoms with van der Waals surface area (Å²) in [5.74, 6) is 0.262. The zero-order chi connectivity index (χ0) is 9.56. The lowest BCUT2D eigenvalue weighted by Crippen LogP contribution is -2.25. The lowest BCUT2D eigenvalue weighted by Gasteiger charge is -2.10. The first-order chi connectivity index (χ1) is 5.60. The van der Waals surface area contributed by atoms with Crippen molar-refractivity contribution in [1.29, 1.82) is 0 Å². The predicted octanol–water partition coefficient (Wildman–Crippen LogP) is 0.427. The number of methoxy groups -OCH3 is 2. The number of hydrogen-bond acceptors (Lipinski definition) is 4. The van der Waals surface area contributed by atoms with Crippen LogP contribution in [-0.2, 0) is 14.3 Å². The van der Waals surface area contributed by atoms with Crippen LogP contribution in [0.5, 0.6) is 0 Å². The second kappa shape index (κ2) is 5.60. The van der Waals surface area contributed by atoms with Crippen molar-refractivity contribution in [3.63, 3.8) is 0 Å². The van der Waals surface area contributed by atoms with Gasteiger partial charge in [-0.1, -0.05) is 6.58 Å². The Hall–Kier alpha value is -1.03. The van der Waals surface area contributed by atoms with E-state index < -0.39 is 0 Å². The maximum Gasteiger partial charge on any atom is 0.307 e. The maximum atomic E-state index is 10.7. The standard InChI is InChI=1S/C8H15NO3/c1-6(11-2)4-7(9)5-8(10)12-3/h7H,1,4-5,9H2,2-3H3. The van der Waals surface area contributed by atoms with Crippen molar-refractivity contribution in [2.75, 3.05) is 14.2 Å². The molecule has 0 aromatic heterocycles. The molecule has 0 aliphatic heterocycles. The van der Waals surface area contributed by atoms with Gasteiger partial charge in [0, 0.05) is 12.5 Å². The summed E-state index contributed by atoms with van der Waals surface area (Å²) >= 11 is 0. The molecule has 0 aromatic carbocycles. The third kappa shape index (κ3) is 4.73. The van der Waals surface area contributed by atoms with E-state index in [9.17, 15) is 4.79 Å². The van der Waals surface area contributed by atoms with Gasteiger partial charge in [-0.3, -0.25) is 4.79 Å². The van der Waals surface area contributed by atoms with Crippen molar-refractivity contribution in [3.8, 4) is 0 Å². The van der Waals surface area contributed by atoms with Crippen LogP contribution in [0.15, 0.2) is 12.3 Å². The molecule has 1 unspecified atom stereocenters. The maximum absolute atomic E-state index is 10.7. The Morgan fingerprint density at radius 3 is 2.42 bits per heavy atom. The number of carbonyl (C=O) groups is 1. The zero-order valence-electron chi connectivity index (χ0n) is 7.50. The lowest BCUT2D eigenvalue weighted by atomic mass is 10.1. The number of esters is 1. The van der Waals surface area contributed by atoms with Crippen LogP contribution in [0.1, 0.15) is 12.8 Å². The Balaban J connectivity index is 3.66. The summed E-state index contributed by atoms with van der Waals surface area (Å²) < 4.78 is 9.26. The molecule has 0 radical (unpaired) electrons. The Morgan fingerprint density at radius 2 is 2.00 bits per heavy atom. The molecule has 0 aliphatic carbocycles. The van der Waals surface area contributed by atoms with Gasteiger partial charge in [0.2, 0.25) is 0 Å². The first kappa shape index (κ1) is 11.0. The van der Waals surface area contributed by atoms with Gasteiger partial charge in [-0.25, -0.2) is 0 Å². The summed E-state index contributed by atoms with van der Waals surface area (Å²) in [7, 11) is 2.85. The Bertz CT molecular complexity index is 150. The molecule has 0 fully saturated rings. The van der Waals surface area contributed by atoms with Gasteiger partial charge in [-0.15, -0.1) is 0 Å². The van der Waals surface area contributed by atoms with Gasteiger partial charge in [-0.2, -0.15) is 0 Å². The smallest absolute Gasteiger partial charge is 0.307 e. The Labute approximate surface area is 72.3 Å². The predicted molar refractivity (Wildman–Crippen MR) is 45.4 cm³/mol. The second-order valence-corrected chi connectivity index (χ2v) is 2.49. The molecule has 0 spiro atoms. The molecule has 0 rings (SSSR count). The van der Waals surface area contributed by atoms with E-state index in [0.717, 1.165) is 0 Å². The number of hydrogen-bond donors (Lipinski definition) is 1. The van der Waals surface area contributed by atoms with Crippen LogP contribution >= 0.6 is 0 Å². The second-order valence-electron chi connectivity index (χ2n) is 2.49. The molecule has 0 bridgehead atoms. The molecule has 70 valence electrons. The molecular weight excluding hydrogens is 158 g/mol. The quantitative estimate of drug-likeness (QED) is 0.483. The molecule has 12 heavy (non-hydrogen) atoms. The topological polar surface area (TPSA) is 61.6 Å². The van der Waals surface area contributed by atoms with Crippen LogP contribution in [0.3, 0.4) is 0 Å². The molecule has 0 saturated carbocycles. The minimum absolute atomic E-state index is 0.193. The van der Waals surface area contributed by atoms with E-state index in [1.165, 1.54) is 14.2 Å². The molecule has 0 aromatic rings. The summed E-state index contributed by atoms with van der Waals surface area (Å²) in [6.45, 7) is 3.59. The number of nitrogens with two attached hydrogens (primary N) is 1. The fourth-order valence-corrected chi connectivity index (χ4v) is 0.745. The van der Waals surface area contributed by atoms with Crippen molar-refractivity contribution in [1.82, 2.24) is 0 Å². The van der Waals surface area contributed by atoms with E-state index in [4.69, 9.17) is 10.5 Å². The average Bonchev–Trinajstić information content (AvgIpc) is 2.03. The summed E-state index contributed by atoms with van der Waals surface area (Å²) in [5.41, 5.74) is 5.58. The summed E-state index contributed by atoms with van der Waals surface area (Å²) in [5, 5.41) is 0. The highest BCUT2D eigenvalue weighted by molar-refractivity contribution is 5.69. The molecule has 0 amide bonds. The largest absolute Gasteiger partial charge is 0.502 e. The summed E-state index contributed by atoms with van der Waals surface area (Å²) in [4.78, 5) is 10.7. The van der Waals surface area contributed by atoms with E-state index in [0.29, 0.717) is 12.2 Å². The minimum Gasteiger partial charge on any atom is -0.502 e. The monoisotopic (exact) mass is 173 g/mol. The van der Waals surface area contributed by atoms with Crippen molar-refractivity contribution in [2.45, 2.75) is 18.9 Å². The fourth-order valence-electron chi connectivity index (χ4n) is 0.745. The van der Waals surface area contributed by atoms with Crippen LogP contribution in [0.2, 0.25) is 0 Å². The SMILES string of the molecule is C=C(CC(N)CC(=O)OC)OC. The minimum atomic E-state index is -0.314. The average molecular weight is 173 g/mol. The van der Waals surface area contributed by atoms with Crippen LogP contribution < -0.4 is 5.73 Å². The number of ether oxygens (including phenoxy) is 2. The van der Waals surface area contributed by atoms with Crippen molar-refractivity contribution >= 4 is 5.97 Å². The van der Waals surface area contributed by atoms with Crippen molar-refractivity contribution in [2.24, 2.45) is 5.73 Å². The molecule has 1 atom stereocenters. The highest BCUT2D eigenvalue weighted by atomic mass is 16.5. The molecule has 4 heteroatoms. The lowest BCUT2D eigenvalue weighted by molar-refractivity contribution is -0.141.